The van der Waals surface area contributed by atoms with E-state index in [1.807, 2.05) is 12.1 Å². The van der Waals surface area contributed by atoms with Gasteiger partial charge in [-0.05, 0) is 17.7 Å². The van der Waals surface area contributed by atoms with Crippen LogP contribution in [0.25, 0.3) is 0 Å². The van der Waals surface area contributed by atoms with Crippen molar-refractivity contribution in [1.29, 1.82) is 0 Å². The molecule has 0 radical (unpaired) electrons. The van der Waals surface area contributed by atoms with Gasteiger partial charge in [-0.25, -0.2) is 4.79 Å². The van der Waals surface area contributed by atoms with Gasteiger partial charge < -0.3 is 15.1 Å². The zero-order valence-corrected chi connectivity index (χ0v) is 13.9. The fourth-order valence-corrected chi connectivity index (χ4v) is 3.48. The molecule has 0 aliphatic carbocycles. The normalized spacial score (nSPS) is 15.8. The fourth-order valence-electron chi connectivity index (χ4n) is 2.28. The lowest BCUT2D eigenvalue weighted by atomic mass is 10.1. The fraction of sp³-hybridized carbons (Fsp3) is 0.467. The summed E-state index contributed by atoms with van der Waals surface area (Å²) >= 11 is 7.08. The smallest absolute Gasteiger partial charge is 0.335 e. The van der Waals surface area contributed by atoms with Crippen LogP contribution in [0.2, 0.25) is 0 Å². The van der Waals surface area contributed by atoms with E-state index in [4.69, 9.17) is 22.4 Å². The second kappa shape index (κ2) is 8.47. The van der Waals surface area contributed by atoms with E-state index in [9.17, 15) is 4.79 Å². The molecule has 0 bridgehead atoms. The van der Waals surface area contributed by atoms with Crippen molar-refractivity contribution < 1.29 is 15.0 Å². The van der Waals surface area contributed by atoms with Crippen LogP contribution in [0, 0.1) is 0 Å². The van der Waals surface area contributed by atoms with Crippen molar-refractivity contribution in [2.24, 2.45) is 0 Å². The van der Waals surface area contributed by atoms with E-state index in [0.29, 0.717) is 5.56 Å². The van der Waals surface area contributed by atoms with E-state index in [1.54, 1.807) is 23.9 Å². The molecule has 0 saturated carbocycles. The number of benzene rings is 1. The van der Waals surface area contributed by atoms with Gasteiger partial charge in [0.1, 0.15) is 4.32 Å². The molecule has 1 saturated heterocycles. The van der Waals surface area contributed by atoms with Crippen LogP contribution in [-0.2, 0) is 5.75 Å². The van der Waals surface area contributed by atoms with Gasteiger partial charge in [0.15, 0.2) is 0 Å². The maximum Gasteiger partial charge on any atom is 0.335 e. The first-order chi connectivity index (χ1) is 10.6. The molecule has 0 aromatic heterocycles. The lowest BCUT2D eigenvalue weighted by Crippen LogP contribution is -2.48. The topological polar surface area (TPSA) is 64.0 Å². The van der Waals surface area contributed by atoms with Gasteiger partial charge in [-0.15, -0.1) is 0 Å². The van der Waals surface area contributed by atoms with Gasteiger partial charge in [-0.1, -0.05) is 36.1 Å². The number of piperazine rings is 1. The molecule has 22 heavy (non-hydrogen) atoms. The minimum absolute atomic E-state index is 0.200. The van der Waals surface area contributed by atoms with Crippen molar-refractivity contribution in [2.45, 2.75) is 5.75 Å². The molecule has 0 amide bonds. The Morgan fingerprint density at radius 2 is 1.82 bits per heavy atom. The lowest BCUT2D eigenvalue weighted by Gasteiger charge is -2.35. The third kappa shape index (κ3) is 4.95. The zero-order chi connectivity index (χ0) is 15.9. The molecule has 1 aromatic carbocycles. The number of rotatable bonds is 5. The summed E-state index contributed by atoms with van der Waals surface area (Å²) in [4.78, 5) is 15.2. The van der Waals surface area contributed by atoms with Gasteiger partial charge in [-0.3, -0.25) is 4.90 Å². The second-order valence-electron chi connectivity index (χ2n) is 5.11. The quantitative estimate of drug-likeness (QED) is 0.788. The van der Waals surface area contributed by atoms with E-state index in [2.05, 4.69) is 9.80 Å². The highest BCUT2D eigenvalue weighted by Crippen LogP contribution is 2.18. The summed E-state index contributed by atoms with van der Waals surface area (Å²) in [5, 5.41) is 17.8. The maximum absolute atomic E-state index is 10.8. The maximum atomic E-state index is 10.8. The molecule has 0 spiro atoms. The number of β-amino-alcohol motifs (C(OH)–C–C–N with tert-alkyl or cyclic N) is 1. The number of aliphatic hydroxyl groups excluding tert-OH is 1. The first-order valence-corrected chi connectivity index (χ1v) is 8.56. The van der Waals surface area contributed by atoms with Crippen LogP contribution in [0.1, 0.15) is 15.9 Å². The largest absolute Gasteiger partial charge is 0.478 e. The van der Waals surface area contributed by atoms with Gasteiger partial charge in [0, 0.05) is 38.5 Å². The average molecular weight is 340 g/mol. The van der Waals surface area contributed by atoms with Gasteiger partial charge in [0.05, 0.1) is 12.2 Å². The van der Waals surface area contributed by atoms with Crippen LogP contribution in [0.3, 0.4) is 0 Å². The number of hydrogen-bond acceptors (Lipinski definition) is 5. The van der Waals surface area contributed by atoms with Crippen LogP contribution >= 0.6 is 24.0 Å². The first-order valence-electron chi connectivity index (χ1n) is 7.17. The van der Waals surface area contributed by atoms with E-state index in [1.165, 1.54) is 0 Å². The number of nitrogens with zero attached hydrogens (tertiary/aromatic N) is 2. The molecule has 120 valence electrons. The van der Waals surface area contributed by atoms with Gasteiger partial charge in [0.2, 0.25) is 0 Å². The Morgan fingerprint density at radius 3 is 2.36 bits per heavy atom. The van der Waals surface area contributed by atoms with Crippen LogP contribution < -0.4 is 0 Å². The molecule has 0 unspecified atom stereocenters. The van der Waals surface area contributed by atoms with Crippen LogP contribution in [0.4, 0.5) is 0 Å². The number of aliphatic hydroxyl groups is 1. The summed E-state index contributed by atoms with van der Waals surface area (Å²) in [6, 6.07) is 6.90. The van der Waals surface area contributed by atoms with Crippen LogP contribution in [0.15, 0.2) is 24.3 Å². The Bertz CT molecular complexity index is 514. The predicted octanol–water partition coefficient (Wildman–Crippen LogP) is 1.51. The summed E-state index contributed by atoms with van der Waals surface area (Å²) in [6.07, 6.45) is 0. The molecule has 2 rings (SSSR count). The summed E-state index contributed by atoms with van der Waals surface area (Å²) in [7, 11) is 0. The highest BCUT2D eigenvalue weighted by molar-refractivity contribution is 8.22. The molecule has 1 aromatic rings. The Labute approximate surface area is 139 Å². The molecule has 1 aliphatic rings. The predicted molar refractivity (Wildman–Crippen MR) is 92.4 cm³/mol. The van der Waals surface area contributed by atoms with Crippen molar-refractivity contribution in [3.8, 4) is 0 Å². The van der Waals surface area contributed by atoms with Crippen LogP contribution in [0.5, 0.6) is 0 Å². The molecule has 2 N–H and O–H groups in total. The Kier molecular flexibility index (Phi) is 6.63. The van der Waals surface area contributed by atoms with Crippen LogP contribution in [-0.4, -0.2) is 69.6 Å². The molecular formula is C15H20N2O3S2. The minimum atomic E-state index is -0.907. The highest BCUT2D eigenvalue weighted by atomic mass is 32.2. The number of aromatic carboxylic acids is 1. The summed E-state index contributed by atoms with van der Waals surface area (Å²) in [6.45, 7) is 4.56. The molecule has 0 atom stereocenters. The standard InChI is InChI=1S/C15H20N2O3S2/c18-10-9-16-5-7-17(8-6-16)15(21)22-11-12-1-3-13(4-2-12)14(19)20/h1-4,18H,5-11H2,(H,19,20). The summed E-state index contributed by atoms with van der Waals surface area (Å²) in [5.41, 5.74) is 1.37. The molecule has 1 fully saturated rings. The van der Waals surface area contributed by atoms with Gasteiger partial charge >= 0.3 is 5.97 Å². The van der Waals surface area contributed by atoms with E-state index in [0.717, 1.165) is 48.4 Å². The van der Waals surface area contributed by atoms with E-state index < -0.39 is 5.97 Å². The van der Waals surface area contributed by atoms with E-state index >= 15 is 0 Å². The summed E-state index contributed by atoms with van der Waals surface area (Å²) in [5.74, 6) is -0.161. The lowest BCUT2D eigenvalue weighted by molar-refractivity contribution is 0.0697. The van der Waals surface area contributed by atoms with Crippen molar-refractivity contribution in [1.82, 2.24) is 9.80 Å². The molecule has 5 nitrogen and oxygen atoms in total. The monoisotopic (exact) mass is 340 g/mol. The highest BCUT2D eigenvalue weighted by Gasteiger charge is 2.18. The van der Waals surface area contributed by atoms with Crippen molar-refractivity contribution in [3.63, 3.8) is 0 Å². The Morgan fingerprint density at radius 1 is 1.18 bits per heavy atom. The SMILES string of the molecule is O=C(O)c1ccc(CSC(=S)N2CCN(CCO)CC2)cc1. The Balaban J connectivity index is 1.77. The van der Waals surface area contributed by atoms with Gasteiger partial charge in [-0.2, -0.15) is 0 Å². The van der Waals surface area contributed by atoms with Crippen molar-refractivity contribution in [3.05, 3.63) is 35.4 Å². The zero-order valence-electron chi connectivity index (χ0n) is 12.3. The number of carboxylic acid groups (broad SMARTS) is 1. The minimum Gasteiger partial charge on any atom is -0.478 e. The number of carboxylic acids is 1. The molecule has 7 heteroatoms. The summed E-state index contributed by atoms with van der Waals surface area (Å²) < 4.78 is 0.881. The second-order valence-corrected chi connectivity index (χ2v) is 6.72. The Hall–Kier alpha value is -1.15. The molecule has 1 heterocycles. The number of thioether (sulfide) groups is 1. The number of thiocarbonyl (C=S) groups is 1. The van der Waals surface area contributed by atoms with Gasteiger partial charge in [0.25, 0.3) is 0 Å². The van der Waals surface area contributed by atoms with E-state index in [-0.39, 0.29) is 6.61 Å². The first kappa shape index (κ1) is 17.2. The molecule has 1 aliphatic heterocycles. The molecular weight excluding hydrogens is 320 g/mol. The third-order valence-corrected chi connectivity index (χ3v) is 5.20. The third-order valence-electron chi connectivity index (χ3n) is 3.61. The number of carbonyl (C=O) groups is 1. The number of hydrogen-bond donors (Lipinski definition) is 2. The average Bonchev–Trinajstić information content (AvgIpc) is 2.54. The van der Waals surface area contributed by atoms with Crippen molar-refractivity contribution >= 4 is 34.3 Å². The van der Waals surface area contributed by atoms with Crippen molar-refractivity contribution in [2.75, 3.05) is 39.3 Å².